The molecule has 3 aromatic carbocycles. The number of nitrogens with zero attached hydrogens (tertiary/aromatic N) is 2. The molecule has 0 spiro atoms. The van der Waals surface area contributed by atoms with E-state index in [-0.39, 0.29) is 24.8 Å². The highest BCUT2D eigenvalue weighted by Gasteiger charge is 2.33. The Morgan fingerprint density at radius 2 is 1.51 bits per heavy atom. The molecule has 208 valence electrons. The number of nitrogens with one attached hydrogen (secondary N) is 1. The second-order valence-electron chi connectivity index (χ2n) is 10.1. The van der Waals surface area contributed by atoms with Crippen LogP contribution in [0.4, 0.5) is 10.1 Å². The zero-order valence-corrected chi connectivity index (χ0v) is 23.6. The fourth-order valence-electron chi connectivity index (χ4n) is 4.09. The Balaban J connectivity index is 2.03. The second kappa shape index (κ2) is 13.4. The van der Waals surface area contributed by atoms with Crippen LogP contribution in [0.25, 0.3) is 0 Å². The molecule has 0 aliphatic rings. The molecular weight excluding hydrogens is 517 g/mol. The average molecular weight is 554 g/mol. The van der Waals surface area contributed by atoms with Crippen LogP contribution in [0.3, 0.4) is 0 Å². The molecule has 3 aromatic rings. The molecule has 0 saturated carbocycles. The first-order chi connectivity index (χ1) is 18.4. The molecule has 7 nitrogen and oxygen atoms in total. The van der Waals surface area contributed by atoms with Crippen molar-refractivity contribution in [3.63, 3.8) is 0 Å². The quantitative estimate of drug-likeness (QED) is 0.362. The van der Waals surface area contributed by atoms with Crippen LogP contribution in [0, 0.1) is 18.7 Å². The van der Waals surface area contributed by atoms with Crippen LogP contribution in [0.1, 0.15) is 30.5 Å². The summed E-state index contributed by atoms with van der Waals surface area (Å²) in [6.45, 7) is 5.75. The number of anilines is 1. The number of rotatable bonds is 12. The normalized spacial score (nSPS) is 12.2. The van der Waals surface area contributed by atoms with Gasteiger partial charge in [0, 0.05) is 19.5 Å². The fourth-order valence-corrected chi connectivity index (χ4v) is 4.94. The van der Waals surface area contributed by atoms with E-state index >= 15 is 0 Å². The predicted molar refractivity (Wildman–Crippen MR) is 152 cm³/mol. The van der Waals surface area contributed by atoms with Crippen LogP contribution >= 0.6 is 0 Å². The minimum atomic E-state index is -3.83. The Labute approximate surface area is 230 Å². The van der Waals surface area contributed by atoms with Gasteiger partial charge in [-0.3, -0.25) is 13.9 Å². The van der Waals surface area contributed by atoms with Gasteiger partial charge in [0.05, 0.1) is 11.9 Å². The lowest BCUT2D eigenvalue weighted by molar-refractivity contribution is -0.140. The molecule has 0 heterocycles. The summed E-state index contributed by atoms with van der Waals surface area (Å²) >= 11 is 0. The van der Waals surface area contributed by atoms with Gasteiger partial charge in [0.15, 0.2) is 0 Å². The molecule has 0 aliphatic heterocycles. The molecule has 3 rings (SSSR count). The van der Waals surface area contributed by atoms with Gasteiger partial charge < -0.3 is 10.2 Å². The average Bonchev–Trinajstić information content (AvgIpc) is 2.89. The number of sulfonamides is 1. The standard InChI is InChI=1S/C30H36FN3O4S/c1-22(2)19-32-30(36)28(18-24-8-6-5-7-9-24)33(20-25-12-14-26(31)15-13-25)29(35)21-34(39(4,37)38)27-16-10-23(3)11-17-27/h5-17,22,28H,18-21H2,1-4H3,(H,32,36). The Morgan fingerprint density at radius 3 is 2.08 bits per heavy atom. The zero-order valence-electron chi connectivity index (χ0n) is 22.8. The number of aryl methyl sites for hydroxylation is 1. The van der Waals surface area contributed by atoms with Gasteiger partial charge in [0.25, 0.3) is 0 Å². The van der Waals surface area contributed by atoms with E-state index < -0.39 is 34.3 Å². The van der Waals surface area contributed by atoms with Gasteiger partial charge in [-0.1, -0.05) is 74.0 Å². The van der Waals surface area contributed by atoms with Gasteiger partial charge in [0.2, 0.25) is 21.8 Å². The molecule has 0 saturated heterocycles. The van der Waals surface area contributed by atoms with E-state index in [1.54, 1.807) is 36.4 Å². The molecule has 1 atom stereocenters. The van der Waals surface area contributed by atoms with Crippen molar-refractivity contribution in [2.24, 2.45) is 5.92 Å². The van der Waals surface area contributed by atoms with Crippen LogP contribution < -0.4 is 9.62 Å². The SMILES string of the molecule is Cc1ccc(N(CC(=O)N(Cc2ccc(F)cc2)C(Cc2ccccc2)C(=O)NCC(C)C)S(C)(=O)=O)cc1. The molecule has 0 aliphatic carbocycles. The topological polar surface area (TPSA) is 86.8 Å². The molecule has 9 heteroatoms. The maximum absolute atomic E-state index is 14.0. The number of halogens is 1. The fraction of sp³-hybridized carbons (Fsp3) is 0.333. The van der Waals surface area contributed by atoms with Gasteiger partial charge in [-0.2, -0.15) is 0 Å². The number of carbonyl (C=O) groups is 2. The highest BCUT2D eigenvalue weighted by Crippen LogP contribution is 2.21. The van der Waals surface area contributed by atoms with Crippen molar-refractivity contribution in [3.05, 3.63) is 101 Å². The van der Waals surface area contributed by atoms with E-state index in [0.717, 1.165) is 21.7 Å². The summed E-state index contributed by atoms with van der Waals surface area (Å²) in [5.41, 5.74) is 2.75. The summed E-state index contributed by atoms with van der Waals surface area (Å²) in [5.74, 6) is -1.13. The molecule has 0 radical (unpaired) electrons. The molecule has 2 amide bonds. The van der Waals surface area contributed by atoms with E-state index in [1.807, 2.05) is 51.1 Å². The van der Waals surface area contributed by atoms with Crippen molar-refractivity contribution in [2.75, 3.05) is 23.7 Å². The van der Waals surface area contributed by atoms with E-state index in [0.29, 0.717) is 17.8 Å². The Bertz CT molecular complexity index is 1350. The van der Waals surface area contributed by atoms with Crippen molar-refractivity contribution >= 4 is 27.5 Å². The Hall–Kier alpha value is -3.72. The summed E-state index contributed by atoms with van der Waals surface area (Å²) in [6, 6.07) is 20.9. The number of hydrogen-bond acceptors (Lipinski definition) is 4. The van der Waals surface area contributed by atoms with E-state index in [2.05, 4.69) is 5.32 Å². The second-order valence-corrected chi connectivity index (χ2v) is 12.0. The maximum Gasteiger partial charge on any atom is 0.244 e. The lowest BCUT2D eigenvalue weighted by Gasteiger charge is -2.33. The Morgan fingerprint density at radius 1 is 0.897 bits per heavy atom. The Kier molecular flexibility index (Phi) is 10.2. The van der Waals surface area contributed by atoms with Crippen molar-refractivity contribution in [1.82, 2.24) is 10.2 Å². The van der Waals surface area contributed by atoms with Crippen molar-refractivity contribution in [3.8, 4) is 0 Å². The number of benzene rings is 3. The zero-order chi connectivity index (χ0) is 28.6. The molecule has 1 N–H and O–H groups in total. The maximum atomic E-state index is 14.0. The third-order valence-electron chi connectivity index (χ3n) is 6.22. The number of amides is 2. The number of hydrogen-bond donors (Lipinski definition) is 1. The highest BCUT2D eigenvalue weighted by molar-refractivity contribution is 7.92. The van der Waals surface area contributed by atoms with Gasteiger partial charge in [0.1, 0.15) is 18.4 Å². The van der Waals surface area contributed by atoms with Crippen LogP contribution in [0.5, 0.6) is 0 Å². The van der Waals surface area contributed by atoms with Crippen molar-refractivity contribution < 1.29 is 22.4 Å². The predicted octanol–water partition coefficient (Wildman–Crippen LogP) is 4.31. The van der Waals surface area contributed by atoms with Crippen LogP contribution in [0.15, 0.2) is 78.9 Å². The lowest BCUT2D eigenvalue weighted by atomic mass is 10.0. The van der Waals surface area contributed by atoms with Crippen molar-refractivity contribution in [2.45, 2.75) is 39.8 Å². The third-order valence-corrected chi connectivity index (χ3v) is 7.36. The van der Waals surface area contributed by atoms with Crippen molar-refractivity contribution in [1.29, 1.82) is 0 Å². The monoisotopic (exact) mass is 553 g/mol. The minimum absolute atomic E-state index is 0.00277. The number of carbonyl (C=O) groups excluding carboxylic acids is 2. The largest absolute Gasteiger partial charge is 0.354 e. The molecule has 39 heavy (non-hydrogen) atoms. The first-order valence-corrected chi connectivity index (χ1v) is 14.7. The summed E-state index contributed by atoms with van der Waals surface area (Å²) in [4.78, 5) is 28.9. The summed E-state index contributed by atoms with van der Waals surface area (Å²) in [5, 5.41) is 2.93. The molecule has 1 unspecified atom stereocenters. The summed E-state index contributed by atoms with van der Waals surface area (Å²) in [7, 11) is -3.83. The van der Waals surface area contributed by atoms with Gasteiger partial charge in [-0.15, -0.1) is 0 Å². The smallest absolute Gasteiger partial charge is 0.244 e. The first-order valence-electron chi connectivity index (χ1n) is 12.8. The minimum Gasteiger partial charge on any atom is -0.354 e. The molecular formula is C30H36FN3O4S. The van der Waals surface area contributed by atoms with E-state index in [4.69, 9.17) is 0 Å². The molecule has 0 aromatic heterocycles. The first kappa shape index (κ1) is 29.8. The van der Waals surface area contributed by atoms with E-state index in [9.17, 15) is 22.4 Å². The molecule has 0 fully saturated rings. The summed E-state index contributed by atoms with van der Waals surface area (Å²) in [6.07, 6.45) is 1.27. The van der Waals surface area contributed by atoms with Crippen LogP contribution in [-0.4, -0.2) is 50.5 Å². The van der Waals surface area contributed by atoms with Crippen LogP contribution in [0.2, 0.25) is 0 Å². The van der Waals surface area contributed by atoms with Gasteiger partial charge in [-0.05, 0) is 48.2 Å². The van der Waals surface area contributed by atoms with E-state index in [1.165, 1.54) is 17.0 Å². The van der Waals surface area contributed by atoms with Gasteiger partial charge >= 0.3 is 0 Å². The van der Waals surface area contributed by atoms with Crippen LogP contribution in [-0.2, 0) is 32.6 Å². The molecule has 0 bridgehead atoms. The third kappa shape index (κ3) is 8.92. The lowest BCUT2D eigenvalue weighted by Crippen LogP contribution is -2.53. The summed E-state index contributed by atoms with van der Waals surface area (Å²) < 4.78 is 40.2. The highest BCUT2D eigenvalue weighted by atomic mass is 32.2. The van der Waals surface area contributed by atoms with Gasteiger partial charge in [-0.25, -0.2) is 12.8 Å².